The molecule has 3 aromatic carbocycles. The van der Waals surface area contributed by atoms with Crippen LogP contribution in [-0.4, -0.2) is 21.2 Å². The number of aromatic amines is 1. The molecule has 1 heterocycles. The predicted molar refractivity (Wildman–Crippen MR) is 119 cm³/mol. The molecule has 0 fully saturated rings. The van der Waals surface area contributed by atoms with E-state index in [4.69, 9.17) is 0 Å². The average molecular weight is 421 g/mol. The van der Waals surface area contributed by atoms with Crippen LogP contribution in [0.25, 0.3) is 22.5 Å². The number of benzene rings is 3. The second kappa shape index (κ2) is 8.78. The first-order chi connectivity index (χ1) is 14.3. The van der Waals surface area contributed by atoms with Crippen LogP contribution < -0.4 is 5.32 Å². The van der Waals surface area contributed by atoms with Crippen molar-refractivity contribution in [2.75, 3.05) is 0 Å². The molecule has 6 heteroatoms. The van der Waals surface area contributed by atoms with Gasteiger partial charge in [0.1, 0.15) is 12.1 Å². The molecule has 1 aromatic heterocycles. The Morgan fingerprint density at radius 2 is 1.57 bits per heavy atom. The van der Waals surface area contributed by atoms with Gasteiger partial charge < -0.3 is 5.32 Å². The second-order valence-electron chi connectivity index (χ2n) is 7.46. The highest BCUT2D eigenvalue weighted by Crippen LogP contribution is 2.26. The highest BCUT2D eigenvalue weighted by atomic mass is 35.5. The van der Waals surface area contributed by atoms with Gasteiger partial charge in [0.25, 0.3) is 0 Å². The molecule has 0 amide bonds. The lowest BCUT2D eigenvalue weighted by molar-refractivity contribution is 0.516. The van der Waals surface area contributed by atoms with Crippen LogP contribution in [-0.2, 0) is 19.4 Å². The van der Waals surface area contributed by atoms with Gasteiger partial charge in [-0.15, -0.1) is 12.4 Å². The second-order valence-corrected chi connectivity index (χ2v) is 7.46. The molecule has 4 aromatic rings. The van der Waals surface area contributed by atoms with Crippen molar-refractivity contribution in [1.29, 1.82) is 0 Å². The Labute approximate surface area is 181 Å². The minimum absolute atomic E-state index is 0. The van der Waals surface area contributed by atoms with Gasteiger partial charge in [0.15, 0.2) is 5.82 Å². The summed E-state index contributed by atoms with van der Waals surface area (Å²) in [5.74, 6) is 0.493. The van der Waals surface area contributed by atoms with Crippen LogP contribution in [0.3, 0.4) is 0 Å². The van der Waals surface area contributed by atoms with Gasteiger partial charge >= 0.3 is 0 Å². The Kier molecular flexibility index (Phi) is 5.93. The Hall–Kier alpha value is -3.02. The number of nitrogens with zero attached hydrogens (tertiary/aromatic N) is 2. The lowest BCUT2D eigenvalue weighted by atomic mass is 10.0. The molecule has 0 spiro atoms. The number of nitrogens with one attached hydrogen (secondary N) is 2. The van der Waals surface area contributed by atoms with Crippen LogP contribution in [0.4, 0.5) is 4.39 Å². The van der Waals surface area contributed by atoms with Crippen molar-refractivity contribution in [3.05, 3.63) is 95.6 Å². The molecular weight excluding hydrogens is 399 g/mol. The van der Waals surface area contributed by atoms with E-state index >= 15 is 0 Å². The third-order valence-corrected chi connectivity index (χ3v) is 5.57. The normalized spacial score (nSPS) is 13.1. The summed E-state index contributed by atoms with van der Waals surface area (Å²) in [7, 11) is 0. The molecule has 0 saturated heterocycles. The molecule has 152 valence electrons. The molecule has 4 nitrogen and oxygen atoms in total. The van der Waals surface area contributed by atoms with Crippen LogP contribution in [0.5, 0.6) is 0 Å². The summed E-state index contributed by atoms with van der Waals surface area (Å²) >= 11 is 0. The first-order valence-electron chi connectivity index (χ1n) is 9.81. The number of halogens is 2. The summed E-state index contributed by atoms with van der Waals surface area (Å²) in [4.78, 5) is 4.17. The van der Waals surface area contributed by atoms with Crippen LogP contribution in [0.1, 0.15) is 16.7 Å². The Bertz CT molecular complexity index is 1100. The summed E-state index contributed by atoms with van der Waals surface area (Å²) in [6, 6.07) is 22.2. The molecule has 0 bridgehead atoms. The summed E-state index contributed by atoms with van der Waals surface area (Å²) in [5, 5.41) is 10.4. The van der Waals surface area contributed by atoms with E-state index in [1.807, 2.05) is 36.4 Å². The Morgan fingerprint density at radius 1 is 0.900 bits per heavy atom. The average Bonchev–Trinajstić information content (AvgIpc) is 3.43. The summed E-state index contributed by atoms with van der Waals surface area (Å²) in [6.45, 7) is 0.521. The zero-order valence-electron chi connectivity index (χ0n) is 16.3. The number of hydrogen-bond acceptors (Lipinski definition) is 3. The van der Waals surface area contributed by atoms with Crippen molar-refractivity contribution < 1.29 is 4.39 Å². The van der Waals surface area contributed by atoms with E-state index in [9.17, 15) is 4.39 Å². The molecule has 0 unspecified atom stereocenters. The van der Waals surface area contributed by atoms with E-state index in [0.717, 1.165) is 29.5 Å². The highest BCUT2D eigenvalue weighted by Gasteiger charge is 2.20. The van der Waals surface area contributed by atoms with Crippen LogP contribution >= 0.6 is 12.4 Å². The first-order valence-corrected chi connectivity index (χ1v) is 9.81. The van der Waals surface area contributed by atoms with Gasteiger partial charge in [-0.3, -0.25) is 5.10 Å². The van der Waals surface area contributed by atoms with Crippen molar-refractivity contribution in [2.24, 2.45) is 0 Å². The van der Waals surface area contributed by atoms with Crippen molar-refractivity contribution in [1.82, 2.24) is 20.5 Å². The van der Waals surface area contributed by atoms with Gasteiger partial charge in [-0.25, -0.2) is 9.37 Å². The minimum atomic E-state index is -0.172. The smallest absolute Gasteiger partial charge is 0.180 e. The van der Waals surface area contributed by atoms with Gasteiger partial charge in [0.05, 0.1) is 0 Å². The third kappa shape index (κ3) is 4.13. The van der Waals surface area contributed by atoms with Crippen LogP contribution in [0.15, 0.2) is 73.1 Å². The fourth-order valence-electron chi connectivity index (χ4n) is 4.01. The lowest BCUT2D eigenvalue weighted by Crippen LogP contribution is -2.29. The maximum atomic E-state index is 14.4. The molecule has 0 radical (unpaired) electrons. The van der Waals surface area contributed by atoms with Crippen molar-refractivity contribution in [2.45, 2.75) is 25.4 Å². The van der Waals surface area contributed by atoms with E-state index < -0.39 is 0 Å². The van der Waals surface area contributed by atoms with Gasteiger partial charge in [0.2, 0.25) is 0 Å². The van der Waals surface area contributed by atoms with E-state index in [2.05, 4.69) is 44.8 Å². The first kappa shape index (κ1) is 20.3. The van der Waals surface area contributed by atoms with Gasteiger partial charge in [-0.05, 0) is 47.2 Å². The predicted octanol–water partition coefficient (Wildman–Crippen LogP) is 4.96. The number of H-pyrrole nitrogens is 1. The van der Waals surface area contributed by atoms with Crippen molar-refractivity contribution >= 4 is 12.4 Å². The standard InChI is InChI=1S/C24H21FN4.ClH/c25-23-10-9-20(16-5-7-17(8-6-16)24-27-15-28-29-24)11-21(23)14-26-22-12-18-3-1-2-4-19(18)13-22;/h1-11,15,22,26H,12-14H2,(H,27,28,29);1H. The molecule has 2 N–H and O–H groups in total. The zero-order chi connectivity index (χ0) is 19.6. The molecule has 1 aliphatic rings. The quantitative estimate of drug-likeness (QED) is 0.480. The molecule has 1 aliphatic carbocycles. The number of fused-ring (bicyclic) bond motifs is 1. The molecule has 0 aliphatic heterocycles. The van der Waals surface area contributed by atoms with E-state index in [1.54, 1.807) is 12.4 Å². The van der Waals surface area contributed by atoms with Gasteiger partial charge in [-0.1, -0.05) is 54.6 Å². The van der Waals surface area contributed by atoms with E-state index in [-0.39, 0.29) is 18.2 Å². The number of rotatable bonds is 5. The monoisotopic (exact) mass is 420 g/mol. The SMILES string of the molecule is Cl.Fc1ccc(-c2ccc(-c3nc[nH]n3)cc2)cc1CNC1Cc2ccccc2C1. The minimum Gasteiger partial charge on any atom is -0.309 e. The van der Waals surface area contributed by atoms with E-state index in [0.29, 0.717) is 24.0 Å². The maximum absolute atomic E-state index is 14.4. The largest absolute Gasteiger partial charge is 0.309 e. The maximum Gasteiger partial charge on any atom is 0.180 e. The Morgan fingerprint density at radius 3 is 2.23 bits per heavy atom. The number of aromatic nitrogens is 3. The van der Waals surface area contributed by atoms with Crippen molar-refractivity contribution in [3.63, 3.8) is 0 Å². The molecule has 30 heavy (non-hydrogen) atoms. The van der Waals surface area contributed by atoms with Gasteiger partial charge in [-0.2, -0.15) is 5.10 Å². The van der Waals surface area contributed by atoms with Crippen molar-refractivity contribution in [3.8, 4) is 22.5 Å². The fraction of sp³-hybridized carbons (Fsp3) is 0.167. The number of hydrogen-bond donors (Lipinski definition) is 2. The van der Waals surface area contributed by atoms with Crippen LogP contribution in [0.2, 0.25) is 0 Å². The van der Waals surface area contributed by atoms with Gasteiger partial charge in [0, 0.05) is 23.7 Å². The summed E-state index contributed by atoms with van der Waals surface area (Å²) in [5.41, 5.74) is 6.46. The Balaban J connectivity index is 0.00000218. The topological polar surface area (TPSA) is 53.6 Å². The highest BCUT2D eigenvalue weighted by molar-refractivity contribution is 5.85. The molecule has 0 atom stereocenters. The summed E-state index contributed by atoms with van der Waals surface area (Å²) < 4.78 is 14.4. The molecule has 0 saturated carbocycles. The zero-order valence-corrected chi connectivity index (χ0v) is 17.1. The summed E-state index contributed by atoms with van der Waals surface area (Å²) in [6.07, 6.45) is 3.56. The molecule has 5 rings (SSSR count). The fourth-order valence-corrected chi connectivity index (χ4v) is 4.01. The molecular formula is C24H22ClFN4. The van der Waals surface area contributed by atoms with E-state index in [1.165, 1.54) is 11.1 Å². The van der Waals surface area contributed by atoms with Crippen LogP contribution in [0, 0.1) is 5.82 Å². The lowest BCUT2D eigenvalue weighted by Gasteiger charge is -2.13. The third-order valence-electron chi connectivity index (χ3n) is 5.57.